The Balaban J connectivity index is 1.61. The molecule has 0 bridgehead atoms. The number of pyridine rings is 1. The second-order valence-electron chi connectivity index (χ2n) is 6.41. The third-order valence-corrected chi connectivity index (χ3v) is 4.94. The van der Waals surface area contributed by atoms with Crippen LogP contribution in [0.15, 0.2) is 53.7 Å². The SMILES string of the molecule is NC(=NCC(c1ccccc1Cl)N1CCOCC1)NCCc1ccccn1. The molecule has 1 aromatic carbocycles. The molecule has 0 aliphatic carbocycles. The van der Waals surface area contributed by atoms with E-state index >= 15 is 0 Å². The number of halogens is 1. The number of nitrogens with one attached hydrogen (secondary N) is 1. The number of aromatic nitrogens is 1. The third kappa shape index (κ3) is 5.92. The van der Waals surface area contributed by atoms with Crippen molar-refractivity contribution >= 4 is 17.6 Å². The number of nitrogens with two attached hydrogens (primary N) is 1. The van der Waals surface area contributed by atoms with Crippen molar-refractivity contribution in [3.05, 3.63) is 64.9 Å². The summed E-state index contributed by atoms with van der Waals surface area (Å²) >= 11 is 6.44. The van der Waals surface area contributed by atoms with E-state index in [4.69, 9.17) is 22.1 Å². The maximum Gasteiger partial charge on any atom is 0.188 e. The summed E-state index contributed by atoms with van der Waals surface area (Å²) in [6.07, 6.45) is 2.60. The summed E-state index contributed by atoms with van der Waals surface area (Å²) in [7, 11) is 0. The lowest BCUT2D eigenvalue weighted by molar-refractivity contribution is 0.0180. The number of hydrogen-bond acceptors (Lipinski definition) is 4. The van der Waals surface area contributed by atoms with Crippen LogP contribution < -0.4 is 11.1 Å². The normalized spacial score (nSPS) is 16.9. The monoisotopic (exact) mass is 387 g/mol. The number of morpholine rings is 1. The van der Waals surface area contributed by atoms with Crippen LogP contribution in [0.3, 0.4) is 0 Å². The lowest BCUT2D eigenvalue weighted by Crippen LogP contribution is -2.41. The maximum absolute atomic E-state index is 6.44. The largest absolute Gasteiger partial charge is 0.379 e. The number of hydrogen-bond donors (Lipinski definition) is 2. The summed E-state index contributed by atoms with van der Waals surface area (Å²) < 4.78 is 5.48. The Labute approximate surface area is 165 Å². The molecule has 1 saturated heterocycles. The highest BCUT2D eigenvalue weighted by Gasteiger charge is 2.24. The number of nitrogens with zero attached hydrogens (tertiary/aromatic N) is 3. The molecule has 1 aromatic heterocycles. The molecule has 2 aromatic rings. The van der Waals surface area contributed by atoms with Gasteiger partial charge in [-0.1, -0.05) is 35.9 Å². The topological polar surface area (TPSA) is 75.8 Å². The molecule has 3 N–H and O–H groups in total. The quantitative estimate of drug-likeness (QED) is 0.563. The Hall–Kier alpha value is -2.15. The van der Waals surface area contributed by atoms with E-state index in [1.165, 1.54) is 0 Å². The Morgan fingerprint density at radius 3 is 2.74 bits per heavy atom. The lowest BCUT2D eigenvalue weighted by atomic mass is 10.0. The summed E-state index contributed by atoms with van der Waals surface area (Å²) in [6, 6.07) is 13.9. The molecular weight excluding hydrogens is 362 g/mol. The van der Waals surface area contributed by atoms with E-state index in [0.29, 0.717) is 19.0 Å². The van der Waals surface area contributed by atoms with Crippen molar-refractivity contribution in [2.45, 2.75) is 12.5 Å². The van der Waals surface area contributed by atoms with Gasteiger partial charge in [0.1, 0.15) is 0 Å². The molecule has 3 rings (SSSR count). The van der Waals surface area contributed by atoms with Gasteiger partial charge in [-0.25, -0.2) is 0 Å². The van der Waals surface area contributed by atoms with Gasteiger partial charge in [-0.15, -0.1) is 0 Å². The van der Waals surface area contributed by atoms with Crippen LogP contribution in [0.2, 0.25) is 5.02 Å². The third-order valence-electron chi connectivity index (χ3n) is 4.60. The van der Waals surface area contributed by atoms with E-state index in [1.54, 1.807) is 6.20 Å². The van der Waals surface area contributed by atoms with Crippen LogP contribution in [0, 0.1) is 0 Å². The first-order valence-electron chi connectivity index (χ1n) is 9.24. The molecular formula is C20H26ClN5O. The highest BCUT2D eigenvalue weighted by molar-refractivity contribution is 6.31. The highest BCUT2D eigenvalue weighted by atomic mass is 35.5. The van der Waals surface area contributed by atoms with Crippen LogP contribution in [0.4, 0.5) is 0 Å². The smallest absolute Gasteiger partial charge is 0.188 e. The van der Waals surface area contributed by atoms with E-state index in [9.17, 15) is 0 Å². The minimum absolute atomic E-state index is 0.0822. The Kier molecular flexibility index (Phi) is 7.45. The van der Waals surface area contributed by atoms with Gasteiger partial charge in [0.25, 0.3) is 0 Å². The first-order valence-corrected chi connectivity index (χ1v) is 9.62. The fraction of sp³-hybridized carbons (Fsp3) is 0.400. The van der Waals surface area contributed by atoms with Gasteiger partial charge in [0.15, 0.2) is 5.96 Å². The first-order chi connectivity index (χ1) is 13.2. The van der Waals surface area contributed by atoms with Crippen LogP contribution in [-0.4, -0.2) is 55.2 Å². The summed E-state index contributed by atoms with van der Waals surface area (Å²) in [5.41, 5.74) is 8.18. The second kappa shape index (κ2) is 10.3. The number of aliphatic imine (C=N–C) groups is 1. The number of rotatable bonds is 7. The molecule has 0 saturated carbocycles. The van der Waals surface area contributed by atoms with E-state index in [-0.39, 0.29) is 6.04 Å². The van der Waals surface area contributed by atoms with Gasteiger partial charge < -0.3 is 15.8 Å². The van der Waals surface area contributed by atoms with E-state index < -0.39 is 0 Å². The van der Waals surface area contributed by atoms with Crippen LogP contribution in [0.1, 0.15) is 17.3 Å². The highest BCUT2D eigenvalue weighted by Crippen LogP contribution is 2.28. The zero-order valence-electron chi connectivity index (χ0n) is 15.4. The molecule has 27 heavy (non-hydrogen) atoms. The molecule has 0 amide bonds. The summed E-state index contributed by atoms with van der Waals surface area (Å²) in [5, 5.41) is 3.92. The summed E-state index contributed by atoms with van der Waals surface area (Å²) in [5.74, 6) is 0.441. The summed E-state index contributed by atoms with van der Waals surface area (Å²) in [6.45, 7) is 4.41. The average Bonchev–Trinajstić information content (AvgIpc) is 2.71. The van der Waals surface area contributed by atoms with Crippen molar-refractivity contribution in [2.75, 3.05) is 39.4 Å². The zero-order valence-corrected chi connectivity index (χ0v) is 16.1. The van der Waals surface area contributed by atoms with Crippen molar-refractivity contribution in [2.24, 2.45) is 10.7 Å². The molecule has 6 nitrogen and oxygen atoms in total. The van der Waals surface area contributed by atoms with Crippen molar-refractivity contribution in [1.82, 2.24) is 15.2 Å². The van der Waals surface area contributed by atoms with Crippen LogP contribution in [0.25, 0.3) is 0 Å². The molecule has 1 atom stereocenters. The molecule has 1 fully saturated rings. The second-order valence-corrected chi connectivity index (χ2v) is 6.82. The van der Waals surface area contributed by atoms with Gasteiger partial charge in [-0.2, -0.15) is 0 Å². The Morgan fingerprint density at radius 1 is 1.22 bits per heavy atom. The molecule has 2 heterocycles. The average molecular weight is 388 g/mol. The van der Waals surface area contributed by atoms with E-state index in [0.717, 1.165) is 49.0 Å². The minimum atomic E-state index is 0.0822. The van der Waals surface area contributed by atoms with Crippen molar-refractivity contribution in [3.63, 3.8) is 0 Å². The Bertz CT molecular complexity index is 734. The predicted molar refractivity (Wildman–Crippen MR) is 109 cm³/mol. The molecule has 7 heteroatoms. The fourth-order valence-electron chi connectivity index (χ4n) is 3.15. The van der Waals surface area contributed by atoms with Crippen molar-refractivity contribution in [1.29, 1.82) is 0 Å². The van der Waals surface area contributed by atoms with Crippen LogP contribution in [-0.2, 0) is 11.2 Å². The standard InChI is InChI=1S/C20H26ClN5O/c21-18-7-2-1-6-17(18)19(26-11-13-27-14-12-26)15-25-20(22)24-10-8-16-5-3-4-9-23-16/h1-7,9,19H,8,10-15H2,(H3,22,24,25). The van der Waals surface area contributed by atoms with Gasteiger partial charge in [0.2, 0.25) is 0 Å². The molecule has 1 aliphatic heterocycles. The van der Waals surface area contributed by atoms with Gasteiger partial charge in [-0.05, 0) is 23.8 Å². The zero-order chi connectivity index (χ0) is 18.9. The fourth-order valence-corrected chi connectivity index (χ4v) is 3.41. The maximum atomic E-state index is 6.44. The van der Waals surface area contributed by atoms with Gasteiger partial charge in [0.05, 0.1) is 25.8 Å². The van der Waals surface area contributed by atoms with Gasteiger partial charge in [0, 0.05) is 43.0 Å². The predicted octanol–water partition coefficient (Wildman–Crippen LogP) is 2.26. The molecule has 144 valence electrons. The molecule has 1 unspecified atom stereocenters. The molecule has 1 aliphatic rings. The Morgan fingerprint density at radius 2 is 2.00 bits per heavy atom. The van der Waals surface area contributed by atoms with Gasteiger partial charge >= 0.3 is 0 Å². The van der Waals surface area contributed by atoms with Crippen LogP contribution >= 0.6 is 11.6 Å². The number of guanidine groups is 1. The number of ether oxygens (including phenoxy) is 1. The van der Waals surface area contributed by atoms with E-state index in [1.807, 2.05) is 36.4 Å². The van der Waals surface area contributed by atoms with Crippen molar-refractivity contribution < 1.29 is 4.74 Å². The lowest BCUT2D eigenvalue weighted by Gasteiger charge is -2.34. The van der Waals surface area contributed by atoms with E-state index in [2.05, 4.69) is 26.3 Å². The summed E-state index contributed by atoms with van der Waals surface area (Å²) in [4.78, 5) is 11.2. The minimum Gasteiger partial charge on any atom is -0.379 e. The molecule has 0 spiro atoms. The van der Waals surface area contributed by atoms with Crippen LogP contribution in [0.5, 0.6) is 0 Å². The molecule has 0 radical (unpaired) electrons. The first kappa shape index (κ1) is 19.6. The van der Waals surface area contributed by atoms with Crippen molar-refractivity contribution in [3.8, 4) is 0 Å². The van der Waals surface area contributed by atoms with Gasteiger partial charge in [-0.3, -0.25) is 14.9 Å². The number of benzene rings is 1.